The van der Waals surface area contributed by atoms with Crippen LogP contribution in [0.5, 0.6) is 0 Å². The van der Waals surface area contributed by atoms with Crippen LogP contribution < -0.4 is 11.3 Å². The van der Waals surface area contributed by atoms with Crippen molar-refractivity contribution in [2.45, 2.75) is 38.8 Å². The van der Waals surface area contributed by atoms with Crippen molar-refractivity contribution >= 4 is 18.0 Å². The summed E-state index contributed by atoms with van der Waals surface area (Å²) in [5.41, 5.74) is 6.90. The van der Waals surface area contributed by atoms with Gasteiger partial charge in [-0.2, -0.15) is 9.97 Å². The largest absolute Gasteiger partial charge is 0.373 e. The average molecular weight is 412 g/mol. The molecule has 0 amide bonds. The minimum atomic E-state index is -0.316. The SMILES string of the molecule is C/C=N\c1nc(N)n(Cc2nc([C@@H]3CO[C@@H](c4ccc(F)cc4)C3)no2)c(=O)c1C. The van der Waals surface area contributed by atoms with Gasteiger partial charge in [-0.15, -0.1) is 0 Å². The van der Waals surface area contributed by atoms with E-state index in [4.69, 9.17) is 15.0 Å². The molecule has 2 atom stereocenters. The number of aromatic nitrogens is 4. The number of rotatable bonds is 5. The lowest BCUT2D eigenvalue weighted by Gasteiger charge is -2.09. The van der Waals surface area contributed by atoms with Crippen LogP contribution in [0.15, 0.2) is 38.6 Å². The Bertz CT molecular complexity index is 1140. The highest BCUT2D eigenvalue weighted by atomic mass is 19.1. The number of nitrogens with zero attached hydrogens (tertiary/aromatic N) is 5. The van der Waals surface area contributed by atoms with Gasteiger partial charge in [0.15, 0.2) is 11.6 Å². The maximum Gasteiger partial charge on any atom is 0.260 e. The predicted octanol–water partition coefficient (Wildman–Crippen LogP) is 2.67. The summed E-state index contributed by atoms with van der Waals surface area (Å²) in [4.78, 5) is 25.2. The molecule has 1 aliphatic heterocycles. The number of nitrogen functional groups attached to an aromatic ring is 1. The second-order valence-electron chi connectivity index (χ2n) is 7.05. The maximum atomic E-state index is 13.1. The average Bonchev–Trinajstić information content (AvgIpc) is 3.39. The topological polar surface area (TPSA) is 121 Å². The lowest BCUT2D eigenvalue weighted by Crippen LogP contribution is -2.27. The van der Waals surface area contributed by atoms with Crippen LogP contribution in [0.4, 0.5) is 16.2 Å². The zero-order valence-electron chi connectivity index (χ0n) is 16.6. The Morgan fingerprint density at radius 2 is 2.10 bits per heavy atom. The summed E-state index contributed by atoms with van der Waals surface area (Å²) < 4.78 is 25.5. The highest BCUT2D eigenvalue weighted by Crippen LogP contribution is 2.37. The van der Waals surface area contributed by atoms with E-state index in [-0.39, 0.29) is 47.6 Å². The Kier molecular flexibility index (Phi) is 5.40. The smallest absolute Gasteiger partial charge is 0.260 e. The van der Waals surface area contributed by atoms with E-state index < -0.39 is 0 Å². The Balaban J connectivity index is 1.50. The van der Waals surface area contributed by atoms with E-state index in [1.165, 1.54) is 16.7 Å². The van der Waals surface area contributed by atoms with E-state index in [1.54, 1.807) is 32.2 Å². The summed E-state index contributed by atoms with van der Waals surface area (Å²) in [5.74, 6) is 0.705. The lowest BCUT2D eigenvalue weighted by molar-refractivity contribution is 0.110. The number of benzene rings is 1. The minimum Gasteiger partial charge on any atom is -0.373 e. The van der Waals surface area contributed by atoms with Gasteiger partial charge < -0.3 is 15.0 Å². The molecule has 2 aromatic heterocycles. The van der Waals surface area contributed by atoms with Crippen molar-refractivity contribution < 1.29 is 13.7 Å². The van der Waals surface area contributed by atoms with Gasteiger partial charge in [0.1, 0.15) is 12.4 Å². The van der Waals surface area contributed by atoms with Crippen LogP contribution >= 0.6 is 0 Å². The van der Waals surface area contributed by atoms with Crippen LogP contribution in [0.25, 0.3) is 0 Å². The van der Waals surface area contributed by atoms with Crippen LogP contribution in [0.2, 0.25) is 0 Å². The van der Waals surface area contributed by atoms with Crippen LogP contribution in [0.1, 0.15) is 48.2 Å². The molecule has 0 spiro atoms. The summed E-state index contributed by atoms with van der Waals surface area (Å²) in [5, 5.41) is 4.04. The zero-order chi connectivity index (χ0) is 21.3. The molecule has 0 unspecified atom stereocenters. The molecule has 4 rings (SSSR count). The van der Waals surface area contributed by atoms with Crippen molar-refractivity contribution in [1.82, 2.24) is 19.7 Å². The van der Waals surface area contributed by atoms with Crippen LogP contribution in [-0.4, -0.2) is 32.5 Å². The monoisotopic (exact) mass is 412 g/mol. The van der Waals surface area contributed by atoms with E-state index in [0.717, 1.165) is 5.56 Å². The molecular weight excluding hydrogens is 391 g/mol. The first-order valence-corrected chi connectivity index (χ1v) is 9.51. The number of aliphatic imine (C=N–C) groups is 1. The molecular formula is C20H21FN6O3. The molecule has 156 valence electrons. The predicted molar refractivity (Wildman–Crippen MR) is 107 cm³/mol. The molecule has 9 nitrogen and oxygen atoms in total. The Hall–Kier alpha value is -3.40. The third-order valence-corrected chi connectivity index (χ3v) is 5.03. The summed E-state index contributed by atoms with van der Waals surface area (Å²) in [6.07, 6.45) is 2.04. The van der Waals surface area contributed by atoms with Crippen LogP contribution in [0.3, 0.4) is 0 Å². The van der Waals surface area contributed by atoms with Gasteiger partial charge in [-0.1, -0.05) is 17.3 Å². The van der Waals surface area contributed by atoms with Gasteiger partial charge in [0.25, 0.3) is 5.56 Å². The molecule has 1 saturated heterocycles. The molecule has 30 heavy (non-hydrogen) atoms. The van der Waals surface area contributed by atoms with Gasteiger partial charge in [-0.05, 0) is 38.0 Å². The Labute approximate surface area is 171 Å². The number of anilines is 1. The summed E-state index contributed by atoms with van der Waals surface area (Å²) >= 11 is 0. The molecule has 3 heterocycles. The quantitative estimate of drug-likeness (QED) is 0.639. The highest BCUT2D eigenvalue weighted by molar-refractivity contribution is 5.60. The fourth-order valence-corrected chi connectivity index (χ4v) is 3.41. The van der Waals surface area contributed by atoms with Gasteiger partial charge in [0.05, 0.1) is 18.3 Å². The number of hydrogen-bond acceptors (Lipinski definition) is 8. The van der Waals surface area contributed by atoms with Crippen molar-refractivity contribution in [2.75, 3.05) is 12.3 Å². The van der Waals surface area contributed by atoms with E-state index in [9.17, 15) is 9.18 Å². The Morgan fingerprint density at radius 3 is 2.83 bits per heavy atom. The number of nitrogens with two attached hydrogens (primary N) is 1. The van der Waals surface area contributed by atoms with E-state index >= 15 is 0 Å². The van der Waals surface area contributed by atoms with Crippen molar-refractivity contribution in [2.24, 2.45) is 4.99 Å². The fraction of sp³-hybridized carbons (Fsp3) is 0.350. The molecule has 3 aromatic rings. The van der Waals surface area contributed by atoms with Crippen molar-refractivity contribution in [3.63, 3.8) is 0 Å². The molecule has 0 saturated carbocycles. The highest BCUT2D eigenvalue weighted by Gasteiger charge is 2.31. The molecule has 0 radical (unpaired) electrons. The summed E-state index contributed by atoms with van der Waals surface area (Å²) in [7, 11) is 0. The third-order valence-electron chi connectivity index (χ3n) is 5.03. The first kappa shape index (κ1) is 19.9. The second-order valence-corrected chi connectivity index (χ2v) is 7.05. The number of halogens is 1. The normalized spacial score (nSPS) is 19.0. The standard InChI is InChI=1S/C20H21FN6O3/c1-3-23-17-11(2)19(28)27(20(22)25-17)9-16-24-18(26-30-16)13-8-15(29-10-13)12-4-6-14(21)7-5-12/h3-7,13,15H,8-10H2,1-2H3,(H2,22,25)/b23-3-/t13-,15+/m0/s1. The van der Waals surface area contributed by atoms with Gasteiger partial charge in [-0.3, -0.25) is 9.36 Å². The van der Waals surface area contributed by atoms with E-state index in [0.29, 0.717) is 24.4 Å². The molecule has 0 bridgehead atoms. The van der Waals surface area contributed by atoms with Gasteiger partial charge in [-0.25, -0.2) is 9.38 Å². The molecule has 2 N–H and O–H groups in total. The van der Waals surface area contributed by atoms with Crippen molar-refractivity contribution in [3.05, 3.63) is 63.3 Å². The van der Waals surface area contributed by atoms with Crippen LogP contribution in [0, 0.1) is 12.7 Å². The van der Waals surface area contributed by atoms with Crippen molar-refractivity contribution in [1.29, 1.82) is 0 Å². The first-order valence-electron chi connectivity index (χ1n) is 9.51. The third kappa shape index (κ3) is 3.86. The van der Waals surface area contributed by atoms with E-state index in [2.05, 4.69) is 20.1 Å². The lowest BCUT2D eigenvalue weighted by atomic mass is 10.00. The van der Waals surface area contributed by atoms with Crippen molar-refractivity contribution in [3.8, 4) is 0 Å². The molecule has 1 fully saturated rings. The van der Waals surface area contributed by atoms with E-state index in [1.807, 2.05) is 0 Å². The summed E-state index contributed by atoms with van der Waals surface area (Å²) in [6.45, 7) is 3.80. The zero-order valence-corrected chi connectivity index (χ0v) is 16.6. The fourth-order valence-electron chi connectivity index (χ4n) is 3.41. The van der Waals surface area contributed by atoms with Gasteiger partial charge in [0.2, 0.25) is 11.8 Å². The van der Waals surface area contributed by atoms with Crippen LogP contribution in [-0.2, 0) is 11.3 Å². The molecule has 0 aliphatic carbocycles. The number of hydrogen-bond donors (Lipinski definition) is 1. The van der Waals surface area contributed by atoms with Gasteiger partial charge >= 0.3 is 0 Å². The molecule has 1 aromatic carbocycles. The van der Waals surface area contributed by atoms with Gasteiger partial charge in [0, 0.05) is 12.1 Å². The molecule has 10 heteroatoms. The Morgan fingerprint density at radius 1 is 1.33 bits per heavy atom. The molecule has 1 aliphatic rings. The minimum absolute atomic E-state index is 0.0105. The number of ether oxygens (including phenoxy) is 1. The maximum absolute atomic E-state index is 13.1. The first-order chi connectivity index (χ1) is 14.5. The second kappa shape index (κ2) is 8.15. The summed E-state index contributed by atoms with van der Waals surface area (Å²) in [6, 6.07) is 6.24.